The van der Waals surface area contributed by atoms with E-state index in [1.54, 1.807) is 18.5 Å². The van der Waals surface area contributed by atoms with E-state index >= 15 is 0 Å². The first kappa shape index (κ1) is 8.55. The van der Waals surface area contributed by atoms with E-state index in [4.69, 9.17) is 5.73 Å². The maximum absolute atomic E-state index is 5.54. The van der Waals surface area contributed by atoms with Crippen molar-refractivity contribution < 1.29 is 0 Å². The molecule has 2 aromatic heterocycles. The second-order valence-corrected chi connectivity index (χ2v) is 2.90. The predicted octanol–water partition coefficient (Wildman–Crippen LogP) is 0.999. The van der Waals surface area contributed by atoms with Gasteiger partial charge in [-0.3, -0.25) is 5.10 Å². The molecule has 0 saturated carbocycles. The van der Waals surface area contributed by atoms with Crippen molar-refractivity contribution in [2.24, 2.45) is 0 Å². The number of nitrogens with one attached hydrogen (secondary N) is 2. The third-order valence-electron chi connectivity index (χ3n) is 1.82. The van der Waals surface area contributed by atoms with Crippen LogP contribution in [0.2, 0.25) is 0 Å². The normalized spacial score (nSPS) is 10.0. The number of anilines is 2. The van der Waals surface area contributed by atoms with E-state index in [-0.39, 0.29) is 0 Å². The van der Waals surface area contributed by atoms with Crippen LogP contribution in [0.15, 0.2) is 30.6 Å². The molecule has 5 nitrogen and oxygen atoms in total. The zero-order chi connectivity index (χ0) is 9.80. The molecule has 14 heavy (non-hydrogen) atoms. The molecule has 0 aromatic carbocycles. The Morgan fingerprint density at radius 3 is 3.00 bits per heavy atom. The first-order valence-corrected chi connectivity index (χ1v) is 4.28. The maximum atomic E-state index is 5.54. The van der Waals surface area contributed by atoms with E-state index in [1.165, 1.54) is 0 Å². The molecule has 0 bridgehead atoms. The summed E-state index contributed by atoms with van der Waals surface area (Å²) in [6, 6.07) is 5.57. The molecule has 2 heterocycles. The molecule has 4 N–H and O–H groups in total. The lowest BCUT2D eigenvalue weighted by Gasteiger charge is -2.04. The molecule has 0 aliphatic carbocycles. The SMILES string of the molecule is Nc1cc(NCc2ccn[nH]2)ccn1. The number of nitrogens with zero attached hydrogens (tertiary/aromatic N) is 2. The first-order chi connectivity index (χ1) is 6.84. The number of hydrogen-bond acceptors (Lipinski definition) is 4. The number of rotatable bonds is 3. The minimum Gasteiger partial charge on any atom is -0.384 e. The Kier molecular flexibility index (Phi) is 2.31. The van der Waals surface area contributed by atoms with Gasteiger partial charge in [0.1, 0.15) is 5.82 Å². The minimum atomic E-state index is 0.514. The zero-order valence-corrected chi connectivity index (χ0v) is 7.57. The van der Waals surface area contributed by atoms with E-state index in [0.717, 1.165) is 11.4 Å². The van der Waals surface area contributed by atoms with E-state index < -0.39 is 0 Å². The minimum absolute atomic E-state index is 0.514. The van der Waals surface area contributed by atoms with Crippen LogP contribution in [0.5, 0.6) is 0 Å². The molecule has 0 aliphatic rings. The van der Waals surface area contributed by atoms with Gasteiger partial charge in [-0.15, -0.1) is 0 Å². The van der Waals surface area contributed by atoms with Crippen LogP contribution in [0.4, 0.5) is 11.5 Å². The summed E-state index contributed by atoms with van der Waals surface area (Å²) in [6.45, 7) is 0.698. The average molecular weight is 189 g/mol. The highest BCUT2D eigenvalue weighted by molar-refractivity contribution is 5.49. The number of aromatic amines is 1. The van der Waals surface area contributed by atoms with Crippen LogP contribution in [-0.4, -0.2) is 15.2 Å². The third kappa shape index (κ3) is 2.01. The molecule has 0 radical (unpaired) electrons. The Balaban J connectivity index is 1.98. The van der Waals surface area contributed by atoms with E-state index in [9.17, 15) is 0 Å². The van der Waals surface area contributed by atoms with Gasteiger partial charge in [0.15, 0.2) is 0 Å². The van der Waals surface area contributed by atoms with Crippen LogP contribution in [0, 0.1) is 0 Å². The Morgan fingerprint density at radius 2 is 2.29 bits per heavy atom. The number of aromatic nitrogens is 3. The van der Waals surface area contributed by atoms with E-state index in [1.807, 2.05) is 12.1 Å². The number of hydrogen-bond donors (Lipinski definition) is 3. The molecule has 2 aromatic rings. The lowest BCUT2D eigenvalue weighted by molar-refractivity contribution is 0.981. The standard InChI is InChI=1S/C9H11N5/c10-9-5-7(1-3-11-9)12-6-8-2-4-13-14-8/h1-5H,6H2,(H,13,14)(H3,10,11,12). The summed E-state index contributed by atoms with van der Waals surface area (Å²) in [5.74, 6) is 0.514. The van der Waals surface area contributed by atoms with Crippen LogP contribution in [0.3, 0.4) is 0 Å². The molecule has 72 valence electrons. The highest BCUT2D eigenvalue weighted by Gasteiger charge is 1.95. The fraction of sp³-hybridized carbons (Fsp3) is 0.111. The second kappa shape index (κ2) is 3.78. The van der Waals surface area contributed by atoms with Crippen molar-refractivity contribution in [1.82, 2.24) is 15.2 Å². The summed E-state index contributed by atoms with van der Waals surface area (Å²) >= 11 is 0. The van der Waals surface area contributed by atoms with E-state index in [0.29, 0.717) is 12.4 Å². The lowest BCUT2D eigenvalue weighted by Crippen LogP contribution is -2.00. The third-order valence-corrected chi connectivity index (χ3v) is 1.82. The van der Waals surface area contributed by atoms with Crippen molar-refractivity contribution in [3.8, 4) is 0 Å². The van der Waals surface area contributed by atoms with Crippen molar-refractivity contribution in [2.75, 3.05) is 11.1 Å². The summed E-state index contributed by atoms with van der Waals surface area (Å²) in [7, 11) is 0. The summed E-state index contributed by atoms with van der Waals surface area (Å²) in [4.78, 5) is 3.90. The molecule has 5 heteroatoms. The molecule has 0 unspecified atom stereocenters. The molecular weight excluding hydrogens is 178 g/mol. The Labute approximate surface area is 81.4 Å². The van der Waals surface area contributed by atoms with Crippen LogP contribution in [0.25, 0.3) is 0 Å². The van der Waals surface area contributed by atoms with Crippen LogP contribution in [0.1, 0.15) is 5.69 Å². The summed E-state index contributed by atoms with van der Waals surface area (Å²) in [5.41, 5.74) is 7.52. The zero-order valence-electron chi connectivity index (χ0n) is 7.57. The number of nitrogen functional groups attached to an aromatic ring is 1. The fourth-order valence-corrected chi connectivity index (χ4v) is 1.14. The molecule has 0 amide bonds. The molecule has 0 atom stereocenters. The lowest BCUT2D eigenvalue weighted by atomic mass is 10.3. The van der Waals surface area contributed by atoms with Crippen LogP contribution >= 0.6 is 0 Å². The molecule has 0 saturated heterocycles. The molecular formula is C9H11N5. The summed E-state index contributed by atoms with van der Waals surface area (Å²) in [5, 5.41) is 9.91. The van der Waals surface area contributed by atoms with Crippen molar-refractivity contribution >= 4 is 11.5 Å². The number of H-pyrrole nitrogens is 1. The highest BCUT2D eigenvalue weighted by atomic mass is 15.1. The van der Waals surface area contributed by atoms with Crippen molar-refractivity contribution in [2.45, 2.75) is 6.54 Å². The monoisotopic (exact) mass is 189 g/mol. The Bertz CT molecular complexity index is 395. The largest absolute Gasteiger partial charge is 0.384 e. The van der Waals surface area contributed by atoms with Gasteiger partial charge in [-0.1, -0.05) is 0 Å². The quantitative estimate of drug-likeness (QED) is 0.673. The Morgan fingerprint density at radius 1 is 1.36 bits per heavy atom. The summed E-state index contributed by atoms with van der Waals surface area (Å²) < 4.78 is 0. The topological polar surface area (TPSA) is 79.6 Å². The highest BCUT2D eigenvalue weighted by Crippen LogP contribution is 2.09. The van der Waals surface area contributed by atoms with Gasteiger partial charge in [-0.05, 0) is 12.1 Å². The average Bonchev–Trinajstić information content (AvgIpc) is 2.67. The Hall–Kier alpha value is -2.04. The molecule has 0 aliphatic heterocycles. The van der Waals surface area contributed by atoms with Gasteiger partial charge in [-0.2, -0.15) is 5.10 Å². The van der Waals surface area contributed by atoms with Gasteiger partial charge < -0.3 is 11.1 Å². The van der Waals surface area contributed by atoms with Gasteiger partial charge in [0.2, 0.25) is 0 Å². The first-order valence-electron chi connectivity index (χ1n) is 4.28. The number of pyridine rings is 1. The smallest absolute Gasteiger partial charge is 0.125 e. The molecule has 0 fully saturated rings. The van der Waals surface area contributed by atoms with Gasteiger partial charge in [-0.25, -0.2) is 4.98 Å². The van der Waals surface area contributed by atoms with E-state index in [2.05, 4.69) is 20.5 Å². The maximum Gasteiger partial charge on any atom is 0.125 e. The van der Waals surface area contributed by atoms with Gasteiger partial charge >= 0.3 is 0 Å². The van der Waals surface area contributed by atoms with Gasteiger partial charge in [0, 0.05) is 24.1 Å². The second-order valence-electron chi connectivity index (χ2n) is 2.90. The molecule has 0 spiro atoms. The van der Waals surface area contributed by atoms with Crippen LogP contribution in [-0.2, 0) is 6.54 Å². The number of nitrogens with two attached hydrogens (primary N) is 1. The molecule has 2 rings (SSSR count). The predicted molar refractivity (Wildman–Crippen MR) is 54.6 cm³/mol. The van der Waals surface area contributed by atoms with Crippen molar-refractivity contribution in [1.29, 1.82) is 0 Å². The van der Waals surface area contributed by atoms with Crippen molar-refractivity contribution in [3.63, 3.8) is 0 Å². The van der Waals surface area contributed by atoms with Crippen LogP contribution < -0.4 is 11.1 Å². The summed E-state index contributed by atoms with van der Waals surface area (Å²) in [6.07, 6.45) is 3.39. The van der Waals surface area contributed by atoms with Crippen molar-refractivity contribution in [3.05, 3.63) is 36.3 Å². The van der Waals surface area contributed by atoms with Gasteiger partial charge in [0.25, 0.3) is 0 Å². The van der Waals surface area contributed by atoms with Gasteiger partial charge in [0.05, 0.1) is 12.2 Å². The fourth-order valence-electron chi connectivity index (χ4n) is 1.14.